The maximum atomic E-state index is 12.9. The minimum atomic E-state index is -3.46. The molecule has 2 fully saturated rings. The molecular formula is C23H26ClN5O2S2. The molecule has 174 valence electrons. The number of nitrogens with one attached hydrogen (secondary N) is 1. The summed E-state index contributed by atoms with van der Waals surface area (Å²) in [4.78, 5) is 10.3. The van der Waals surface area contributed by atoms with Crippen LogP contribution >= 0.6 is 23.7 Å². The molecule has 2 aromatic heterocycles. The van der Waals surface area contributed by atoms with Crippen molar-refractivity contribution in [2.75, 3.05) is 25.4 Å². The highest BCUT2D eigenvalue weighted by Crippen LogP contribution is 2.31. The average Bonchev–Trinajstić information content (AvgIpc) is 3.48. The van der Waals surface area contributed by atoms with Crippen molar-refractivity contribution in [1.29, 1.82) is 0 Å². The lowest BCUT2D eigenvalue weighted by Gasteiger charge is -2.25. The van der Waals surface area contributed by atoms with Gasteiger partial charge in [0.15, 0.2) is 5.82 Å². The summed E-state index contributed by atoms with van der Waals surface area (Å²) in [5.41, 5.74) is 7.70. The molecule has 0 amide bonds. The molecule has 2 aliphatic rings. The molecule has 0 unspecified atom stereocenters. The summed E-state index contributed by atoms with van der Waals surface area (Å²) in [7, 11) is -3.46. The second-order valence-corrected chi connectivity index (χ2v) is 11.2. The summed E-state index contributed by atoms with van der Waals surface area (Å²) >= 11 is 1.50. The van der Waals surface area contributed by atoms with E-state index in [-0.39, 0.29) is 18.4 Å². The summed E-state index contributed by atoms with van der Waals surface area (Å²) in [6.07, 6.45) is 5.14. The van der Waals surface area contributed by atoms with Crippen LogP contribution in [0.4, 0.5) is 5.82 Å². The van der Waals surface area contributed by atoms with Crippen molar-refractivity contribution < 1.29 is 8.42 Å². The van der Waals surface area contributed by atoms with Crippen LogP contribution < -0.4 is 11.1 Å². The van der Waals surface area contributed by atoms with Crippen LogP contribution in [-0.4, -0.2) is 48.4 Å². The number of nitrogens with zero attached hydrogens (tertiary/aromatic N) is 3. The summed E-state index contributed by atoms with van der Waals surface area (Å²) in [5, 5.41) is 3.37. The number of nitrogens with two attached hydrogens (primary N) is 1. The molecule has 0 bridgehead atoms. The van der Waals surface area contributed by atoms with Crippen LogP contribution in [0.25, 0.3) is 21.6 Å². The fourth-order valence-electron chi connectivity index (χ4n) is 4.14. The van der Waals surface area contributed by atoms with Crippen LogP contribution in [0, 0.1) is 11.8 Å². The van der Waals surface area contributed by atoms with E-state index in [0.717, 1.165) is 59.3 Å². The highest BCUT2D eigenvalue weighted by atomic mass is 35.5. The van der Waals surface area contributed by atoms with E-state index < -0.39 is 10.0 Å². The van der Waals surface area contributed by atoms with E-state index in [1.807, 2.05) is 6.07 Å². The Balaban J connectivity index is 0.00000259. The molecule has 0 radical (unpaired) electrons. The molecule has 10 heteroatoms. The number of rotatable bonds is 3. The van der Waals surface area contributed by atoms with E-state index in [1.54, 1.807) is 28.6 Å². The SMILES string of the molecule is Cl.Nc1nc(-c2ccc(S(=O)(=O)N3CCCCC3)cc2)nc2cc(C#C[C@H]3CCCN3)sc12. The number of hydrogen-bond acceptors (Lipinski definition) is 7. The Morgan fingerprint density at radius 1 is 1.09 bits per heavy atom. The molecule has 5 rings (SSSR count). The Morgan fingerprint density at radius 3 is 2.55 bits per heavy atom. The van der Waals surface area contributed by atoms with Crippen LogP contribution in [0.15, 0.2) is 35.2 Å². The van der Waals surface area contributed by atoms with Gasteiger partial charge < -0.3 is 11.1 Å². The van der Waals surface area contributed by atoms with Crippen molar-refractivity contribution in [2.24, 2.45) is 0 Å². The van der Waals surface area contributed by atoms with Gasteiger partial charge in [0, 0.05) is 18.7 Å². The van der Waals surface area contributed by atoms with Gasteiger partial charge in [0.2, 0.25) is 10.0 Å². The molecule has 7 nitrogen and oxygen atoms in total. The lowest BCUT2D eigenvalue weighted by atomic mass is 10.2. The standard InChI is InChI=1S/C23H25N5O2S2.ClH/c24-22-21-20(15-18(31-21)9-8-17-5-4-12-25-17)26-23(27-22)16-6-10-19(11-7-16)32(29,30)28-13-2-1-3-14-28;/h6-7,10-11,15,17,25H,1-5,12-14H2,(H2,24,26,27);1H/t17-;/m1./s1. The van der Waals surface area contributed by atoms with Gasteiger partial charge in [-0.05, 0) is 62.6 Å². The summed E-state index contributed by atoms with van der Waals surface area (Å²) in [6.45, 7) is 2.19. The molecule has 33 heavy (non-hydrogen) atoms. The first-order chi connectivity index (χ1) is 15.5. The number of piperidine rings is 1. The molecule has 2 aliphatic heterocycles. The minimum Gasteiger partial charge on any atom is -0.382 e. The maximum Gasteiger partial charge on any atom is 0.243 e. The average molecular weight is 504 g/mol. The third kappa shape index (κ3) is 5.00. The lowest BCUT2D eigenvalue weighted by Crippen LogP contribution is -2.35. The van der Waals surface area contributed by atoms with Crippen molar-refractivity contribution in [2.45, 2.75) is 43.0 Å². The molecule has 0 saturated carbocycles. The largest absolute Gasteiger partial charge is 0.382 e. The van der Waals surface area contributed by atoms with E-state index in [9.17, 15) is 8.42 Å². The van der Waals surface area contributed by atoms with Gasteiger partial charge >= 0.3 is 0 Å². The van der Waals surface area contributed by atoms with Gasteiger partial charge in [-0.1, -0.05) is 18.3 Å². The highest BCUT2D eigenvalue weighted by Gasteiger charge is 2.26. The van der Waals surface area contributed by atoms with Gasteiger partial charge in [-0.3, -0.25) is 0 Å². The Hall–Kier alpha value is -2.22. The normalized spacial score (nSPS) is 19.1. The van der Waals surface area contributed by atoms with E-state index in [1.165, 1.54) is 11.3 Å². The van der Waals surface area contributed by atoms with E-state index in [2.05, 4.69) is 27.1 Å². The Kier molecular flexibility index (Phi) is 7.22. The number of thiophene rings is 1. The van der Waals surface area contributed by atoms with E-state index >= 15 is 0 Å². The number of nitrogen functional groups attached to an aromatic ring is 1. The predicted octanol–water partition coefficient (Wildman–Crippen LogP) is 3.64. The van der Waals surface area contributed by atoms with Crippen LogP contribution in [0.3, 0.4) is 0 Å². The van der Waals surface area contributed by atoms with Crippen molar-refractivity contribution >= 4 is 49.8 Å². The molecule has 2 saturated heterocycles. The molecule has 0 aliphatic carbocycles. The van der Waals surface area contributed by atoms with Gasteiger partial charge in [0.05, 0.1) is 26.0 Å². The molecule has 0 spiro atoms. The molecular weight excluding hydrogens is 478 g/mol. The zero-order chi connectivity index (χ0) is 22.1. The smallest absolute Gasteiger partial charge is 0.243 e. The van der Waals surface area contributed by atoms with Gasteiger partial charge in [-0.15, -0.1) is 23.7 Å². The third-order valence-electron chi connectivity index (χ3n) is 5.89. The zero-order valence-electron chi connectivity index (χ0n) is 18.1. The lowest BCUT2D eigenvalue weighted by molar-refractivity contribution is 0.346. The predicted molar refractivity (Wildman–Crippen MR) is 135 cm³/mol. The van der Waals surface area contributed by atoms with Gasteiger partial charge in [0.1, 0.15) is 5.82 Å². The number of aromatic nitrogens is 2. The van der Waals surface area contributed by atoms with E-state index in [0.29, 0.717) is 29.6 Å². The van der Waals surface area contributed by atoms with Gasteiger partial charge in [-0.25, -0.2) is 18.4 Å². The summed E-state index contributed by atoms with van der Waals surface area (Å²) < 4.78 is 28.2. The van der Waals surface area contributed by atoms with Crippen molar-refractivity contribution in [3.8, 4) is 23.2 Å². The van der Waals surface area contributed by atoms with Gasteiger partial charge in [-0.2, -0.15) is 4.31 Å². The van der Waals surface area contributed by atoms with E-state index in [4.69, 9.17) is 5.73 Å². The number of sulfonamides is 1. The van der Waals surface area contributed by atoms with Crippen molar-refractivity contribution in [1.82, 2.24) is 19.6 Å². The zero-order valence-corrected chi connectivity index (χ0v) is 20.5. The number of fused-ring (bicyclic) bond motifs is 1. The quantitative estimate of drug-likeness (QED) is 0.529. The van der Waals surface area contributed by atoms with Crippen LogP contribution in [0.5, 0.6) is 0 Å². The molecule has 1 aromatic carbocycles. The fourth-order valence-corrected chi connectivity index (χ4v) is 6.52. The first-order valence-corrected chi connectivity index (χ1v) is 13.2. The topological polar surface area (TPSA) is 101 Å². The fraction of sp³-hybridized carbons (Fsp3) is 0.391. The summed E-state index contributed by atoms with van der Waals surface area (Å²) in [6, 6.07) is 8.94. The Bertz CT molecular complexity index is 1300. The number of anilines is 1. The summed E-state index contributed by atoms with van der Waals surface area (Å²) in [5.74, 6) is 7.39. The third-order valence-corrected chi connectivity index (χ3v) is 8.87. The monoisotopic (exact) mass is 503 g/mol. The number of benzene rings is 1. The molecule has 4 heterocycles. The van der Waals surface area contributed by atoms with Gasteiger partial charge in [0.25, 0.3) is 0 Å². The van der Waals surface area contributed by atoms with Crippen molar-refractivity contribution in [3.63, 3.8) is 0 Å². The van der Waals surface area contributed by atoms with Crippen LogP contribution in [0.2, 0.25) is 0 Å². The second kappa shape index (κ2) is 9.95. The Labute approximate surface area is 204 Å². The van der Waals surface area contributed by atoms with Crippen LogP contribution in [0.1, 0.15) is 37.0 Å². The molecule has 1 atom stereocenters. The first kappa shape index (κ1) is 23.9. The number of halogens is 1. The number of hydrogen-bond donors (Lipinski definition) is 2. The minimum absolute atomic E-state index is 0. The highest BCUT2D eigenvalue weighted by molar-refractivity contribution is 7.89. The maximum absolute atomic E-state index is 12.9. The molecule has 3 N–H and O–H groups in total. The Morgan fingerprint density at radius 2 is 1.85 bits per heavy atom. The first-order valence-electron chi connectivity index (χ1n) is 10.9. The van der Waals surface area contributed by atoms with Crippen LogP contribution in [-0.2, 0) is 10.0 Å². The van der Waals surface area contributed by atoms with Crippen molar-refractivity contribution in [3.05, 3.63) is 35.2 Å². The second-order valence-electron chi connectivity index (χ2n) is 8.16. The molecule has 3 aromatic rings.